The fourth-order valence-corrected chi connectivity index (χ4v) is 3.75. The van der Waals surface area contributed by atoms with E-state index in [2.05, 4.69) is 4.90 Å². The first-order chi connectivity index (χ1) is 9.58. The third-order valence-electron chi connectivity index (χ3n) is 4.65. The topological polar surface area (TPSA) is 66.6 Å². The van der Waals surface area contributed by atoms with Gasteiger partial charge >= 0.3 is 5.97 Å². The number of carboxylic acid groups (broad SMARTS) is 1. The summed E-state index contributed by atoms with van der Waals surface area (Å²) >= 11 is 0. The number of piperidine rings is 1. The lowest BCUT2D eigenvalue weighted by atomic mass is 9.91. The molecular weight excluding hydrogens is 259 g/mol. The van der Waals surface area contributed by atoms with Gasteiger partial charge in [0.05, 0.1) is 16.9 Å². The van der Waals surface area contributed by atoms with E-state index in [1.165, 1.54) is 31.4 Å². The predicted octanol–water partition coefficient (Wildman–Crippen LogP) is 2.88. The number of rotatable bonds is 2. The number of hydrogen-bond acceptors (Lipinski definition) is 3. The number of carbonyl (C=O) groups is 1. The highest BCUT2D eigenvalue weighted by Gasteiger charge is 2.36. The van der Waals surface area contributed by atoms with Crippen molar-refractivity contribution < 1.29 is 14.3 Å². The van der Waals surface area contributed by atoms with E-state index in [-0.39, 0.29) is 5.56 Å². The highest BCUT2D eigenvalue weighted by atomic mass is 19.1. The fourth-order valence-electron chi connectivity index (χ4n) is 3.75. The van der Waals surface area contributed by atoms with Crippen LogP contribution in [0, 0.1) is 11.7 Å². The van der Waals surface area contributed by atoms with Crippen LogP contribution in [0.5, 0.6) is 0 Å². The maximum absolute atomic E-state index is 13.9. The Morgan fingerprint density at radius 3 is 2.80 bits per heavy atom. The van der Waals surface area contributed by atoms with Crippen molar-refractivity contribution >= 4 is 17.3 Å². The van der Waals surface area contributed by atoms with E-state index in [9.17, 15) is 9.18 Å². The Morgan fingerprint density at radius 1 is 1.30 bits per heavy atom. The molecule has 3 rings (SSSR count). The van der Waals surface area contributed by atoms with Crippen LogP contribution in [0.3, 0.4) is 0 Å². The third kappa shape index (κ3) is 2.11. The zero-order valence-corrected chi connectivity index (χ0v) is 11.3. The lowest BCUT2D eigenvalue weighted by Gasteiger charge is -2.40. The largest absolute Gasteiger partial charge is 0.478 e. The van der Waals surface area contributed by atoms with Gasteiger partial charge in [0, 0.05) is 18.7 Å². The van der Waals surface area contributed by atoms with Gasteiger partial charge in [-0.1, -0.05) is 6.42 Å². The average Bonchev–Trinajstić information content (AvgIpc) is 2.89. The molecule has 0 spiro atoms. The minimum atomic E-state index is -1.28. The Morgan fingerprint density at radius 2 is 2.05 bits per heavy atom. The molecule has 2 atom stereocenters. The summed E-state index contributed by atoms with van der Waals surface area (Å²) < 4.78 is 13.9. The number of nitrogens with zero attached hydrogens (tertiary/aromatic N) is 1. The normalized spacial score (nSPS) is 25.6. The number of nitrogen functional groups attached to an aromatic ring is 1. The Kier molecular flexibility index (Phi) is 3.28. The molecule has 1 aliphatic carbocycles. The van der Waals surface area contributed by atoms with Crippen molar-refractivity contribution in [3.05, 3.63) is 23.5 Å². The van der Waals surface area contributed by atoms with E-state index in [1.807, 2.05) is 0 Å². The molecule has 3 N–H and O–H groups in total. The lowest BCUT2D eigenvalue weighted by Crippen LogP contribution is -2.43. The van der Waals surface area contributed by atoms with Gasteiger partial charge in [0.1, 0.15) is 5.82 Å². The monoisotopic (exact) mass is 278 g/mol. The predicted molar refractivity (Wildman–Crippen MR) is 75.5 cm³/mol. The van der Waals surface area contributed by atoms with Gasteiger partial charge in [-0.15, -0.1) is 0 Å². The summed E-state index contributed by atoms with van der Waals surface area (Å²) in [5.41, 5.74) is 6.63. The van der Waals surface area contributed by atoms with Gasteiger partial charge in [0.25, 0.3) is 0 Å². The molecule has 1 heterocycles. The van der Waals surface area contributed by atoms with E-state index < -0.39 is 11.8 Å². The molecule has 108 valence electrons. The lowest BCUT2D eigenvalue weighted by molar-refractivity contribution is 0.0692. The van der Waals surface area contributed by atoms with Gasteiger partial charge < -0.3 is 15.7 Å². The molecule has 1 saturated carbocycles. The quantitative estimate of drug-likeness (QED) is 0.816. The number of halogens is 1. The van der Waals surface area contributed by atoms with E-state index in [0.29, 0.717) is 23.3 Å². The summed E-state index contributed by atoms with van der Waals surface area (Å²) in [5.74, 6) is -1.31. The highest BCUT2D eigenvalue weighted by molar-refractivity contribution is 5.91. The van der Waals surface area contributed by atoms with Crippen LogP contribution in [0.1, 0.15) is 42.5 Å². The second kappa shape index (κ2) is 4.96. The molecule has 0 bridgehead atoms. The van der Waals surface area contributed by atoms with Gasteiger partial charge in [-0.05, 0) is 37.7 Å². The first-order valence-electron chi connectivity index (χ1n) is 7.17. The van der Waals surface area contributed by atoms with Crippen molar-refractivity contribution in [1.29, 1.82) is 0 Å². The van der Waals surface area contributed by atoms with Gasteiger partial charge in [-0.25, -0.2) is 9.18 Å². The van der Waals surface area contributed by atoms with Crippen LogP contribution < -0.4 is 10.6 Å². The number of aromatic carboxylic acids is 1. The van der Waals surface area contributed by atoms with Crippen molar-refractivity contribution in [1.82, 2.24) is 0 Å². The molecule has 4 nitrogen and oxygen atoms in total. The van der Waals surface area contributed by atoms with E-state index in [1.54, 1.807) is 0 Å². The molecule has 2 unspecified atom stereocenters. The second-order valence-electron chi connectivity index (χ2n) is 5.79. The Bertz CT molecular complexity index is 547. The standard InChI is InChI=1S/C15H19FN2O2/c16-11-8-14(12(17)7-10(11)15(19)20)18-6-2-4-9-3-1-5-13(9)18/h7-9,13H,1-6,17H2,(H,19,20). The number of carboxylic acids is 1. The summed E-state index contributed by atoms with van der Waals surface area (Å²) in [6, 6.07) is 2.96. The number of fused-ring (bicyclic) bond motifs is 1. The van der Waals surface area contributed by atoms with E-state index in [0.717, 1.165) is 19.4 Å². The summed E-state index contributed by atoms with van der Waals surface area (Å²) in [6.45, 7) is 0.872. The zero-order chi connectivity index (χ0) is 14.3. The summed E-state index contributed by atoms with van der Waals surface area (Å²) in [5, 5.41) is 8.93. The van der Waals surface area contributed by atoms with E-state index >= 15 is 0 Å². The smallest absolute Gasteiger partial charge is 0.338 e. The molecular formula is C15H19FN2O2. The van der Waals surface area contributed by atoms with Crippen LogP contribution in [-0.4, -0.2) is 23.7 Å². The third-order valence-corrected chi connectivity index (χ3v) is 4.65. The maximum Gasteiger partial charge on any atom is 0.338 e. The molecule has 0 radical (unpaired) electrons. The minimum absolute atomic E-state index is 0.355. The van der Waals surface area contributed by atoms with Crippen LogP contribution in [0.15, 0.2) is 12.1 Å². The van der Waals surface area contributed by atoms with Crippen molar-refractivity contribution in [2.45, 2.75) is 38.1 Å². The van der Waals surface area contributed by atoms with Gasteiger partial charge in [-0.2, -0.15) is 0 Å². The Hall–Kier alpha value is -1.78. The molecule has 1 saturated heterocycles. The minimum Gasteiger partial charge on any atom is -0.478 e. The maximum atomic E-state index is 13.9. The van der Waals surface area contributed by atoms with E-state index in [4.69, 9.17) is 10.8 Å². The van der Waals surface area contributed by atoms with Crippen LogP contribution >= 0.6 is 0 Å². The molecule has 1 aliphatic heterocycles. The molecule has 1 aromatic rings. The van der Waals surface area contributed by atoms with Crippen LogP contribution in [0.25, 0.3) is 0 Å². The molecule has 2 fully saturated rings. The van der Waals surface area contributed by atoms with Gasteiger partial charge in [0.15, 0.2) is 0 Å². The van der Waals surface area contributed by atoms with Crippen LogP contribution in [0.4, 0.5) is 15.8 Å². The van der Waals surface area contributed by atoms with Crippen molar-refractivity contribution in [3.8, 4) is 0 Å². The molecule has 0 amide bonds. The number of benzene rings is 1. The number of anilines is 2. The molecule has 20 heavy (non-hydrogen) atoms. The number of nitrogens with two attached hydrogens (primary N) is 1. The second-order valence-corrected chi connectivity index (χ2v) is 5.79. The number of hydrogen-bond donors (Lipinski definition) is 2. The first-order valence-corrected chi connectivity index (χ1v) is 7.17. The SMILES string of the molecule is Nc1cc(C(=O)O)c(F)cc1N1CCCC2CCCC21. The highest BCUT2D eigenvalue weighted by Crippen LogP contribution is 2.41. The van der Waals surface area contributed by atoms with Crippen LogP contribution in [-0.2, 0) is 0 Å². The van der Waals surface area contributed by atoms with Crippen molar-refractivity contribution in [2.24, 2.45) is 5.92 Å². The Balaban J connectivity index is 1.97. The Labute approximate surface area is 117 Å². The molecule has 5 heteroatoms. The summed E-state index contributed by atoms with van der Waals surface area (Å²) in [6.07, 6.45) is 5.88. The van der Waals surface area contributed by atoms with Crippen LogP contribution in [0.2, 0.25) is 0 Å². The zero-order valence-electron chi connectivity index (χ0n) is 11.3. The molecule has 2 aliphatic rings. The summed E-state index contributed by atoms with van der Waals surface area (Å²) in [4.78, 5) is 13.1. The molecule has 0 aromatic heterocycles. The first kappa shape index (κ1) is 13.2. The van der Waals surface area contributed by atoms with Crippen molar-refractivity contribution in [3.63, 3.8) is 0 Å². The fraction of sp³-hybridized carbons (Fsp3) is 0.533. The van der Waals surface area contributed by atoms with Gasteiger partial charge in [-0.3, -0.25) is 0 Å². The van der Waals surface area contributed by atoms with Crippen molar-refractivity contribution in [2.75, 3.05) is 17.2 Å². The average molecular weight is 278 g/mol. The summed E-state index contributed by atoms with van der Waals surface area (Å²) in [7, 11) is 0. The molecule has 1 aromatic carbocycles. The van der Waals surface area contributed by atoms with Gasteiger partial charge in [0.2, 0.25) is 0 Å².